The Labute approximate surface area is 122 Å². The first-order valence-corrected chi connectivity index (χ1v) is 6.83. The number of hydrogen-bond acceptors (Lipinski definition) is 6. The molecule has 21 heavy (non-hydrogen) atoms. The Morgan fingerprint density at radius 1 is 1.67 bits per heavy atom. The first-order valence-electron chi connectivity index (χ1n) is 6.83. The number of pyridine rings is 1. The van der Waals surface area contributed by atoms with Crippen LogP contribution in [-0.4, -0.2) is 46.5 Å². The van der Waals surface area contributed by atoms with E-state index in [1.165, 1.54) is 6.07 Å². The summed E-state index contributed by atoms with van der Waals surface area (Å²) in [6.45, 7) is 3.47. The molecule has 1 unspecified atom stereocenters. The summed E-state index contributed by atoms with van der Waals surface area (Å²) in [5.41, 5.74) is 5.19. The van der Waals surface area contributed by atoms with Gasteiger partial charge in [0.2, 0.25) is 0 Å². The lowest BCUT2D eigenvalue weighted by atomic mass is 10.1. The number of nitrogens with zero attached hydrogens (tertiary/aromatic N) is 3. The van der Waals surface area contributed by atoms with Crippen LogP contribution in [0.4, 0.5) is 11.5 Å². The monoisotopic (exact) mass is 294 g/mol. The predicted octanol–water partition coefficient (Wildman–Crippen LogP) is 1.21. The molecule has 1 aliphatic heterocycles. The van der Waals surface area contributed by atoms with Gasteiger partial charge in [0.25, 0.3) is 11.6 Å². The van der Waals surface area contributed by atoms with Gasteiger partial charge >= 0.3 is 0 Å². The number of rotatable bonds is 4. The Hall–Kier alpha value is -2.22. The molecule has 1 aromatic rings. The molecule has 0 aliphatic carbocycles. The van der Waals surface area contributed by atoms with E-state index in [-0.39, 0.29) is 23.2 Å². The molecule has 0 bridgehead atoms. The Kier molecular flexibility index (Phi) is 4.69. The Morgan fingerprint density at radius 2 is 2.43 bits per heavy atom. The number of anilines is 1. The third-order valence-corrected chi connectivity index (χ3v) is 3.40. The maximum atomic E-state index is 12.5. The summed E-state index contributed by atoms with van der Waals surface area (Å²) in [5, 5.41) is 11.0. The number of likely N-dealkylation sites (tertiary alicyclic amines) is 1. The summed E-state index contributed by atoms with van der Waals surface area (Å²) in [6, 6.07) is 1.25. The van der Waals surface area contributed by atoms with E-state index in [0.717, 1.165) is 19.0 Å². The van der Waals surface area contributed by atoms with Crippen LogP contribution < -0.4 is 5.73 Å². The Balaban J connectivity index is 2.23. The van der Waals surface area contributed by atoms with Gasteiger partial charge in [-0.2, -0.15) is 0 Å². The van der Waals surface area contributed by atoms with Crippen LogP contribution in [0.1, 0.15) is 30.1 Å². The molecule has 2 N–H and O–H groups in total. The molecule has 1 fully saturated rings. The number of hydrogen-bond donors (Lipinski definition) is 1. The molecule has 1 saturated heterocycles. The van der Waals surface area contributed by atoms with E-state index >= 15 is 0 Å². The van der Waals surface area contributed by atoms with Crippen molar-refractivity contribution in [1.82, 2.24) is 9.88 Å². The smallest absolute Gasteiger partial charge is 0.300 e. The number of ether oxygens (including phenoxy) is 1. The van der Waals surface area contributed by atoms with Crippen molar-refractivity contribution in [2.24, 2.45) is 0 Å². The topological polar surface area (TPSA) is 112 Å². The minimum Gasteiger partial charge on any atom is -0.384 e. The highest BCUT2D eigenvalue weighted by atomic mass is 16.6. The number of carbonyl (C=O) groups excluding carboxylic acids is 1. The van der Waals surface area contributed by atoms with E-state index in [4.69, 9.17) is 10.5 Å². The van der Waals surface area contributed by atoms with Gasteiger partial charge in [-0.3, -0.25) is 14.9 Å². The number of nitrogens with two attached hydrogens (primary N) is 1. The fourth-order valence-corrected chi connectivity index (χ4v) is 2.45. The zero-order valence-corrected chi connectivity index (χ0v) is 11.8. The molecule has 1 aromatic heterocycles. The largest absolute Gasteiger partial charge is 0.384 e. The van der Waals surface area contributed by atoms with E-state index in [2.05, 4.69) is 4.98 Å². The van der Waals surface area contributed by atoms with Crippen molar-refractivity contribution in [3.63, 3.8) is 0 Å². The van der Waals surface area contributed by atoms with Crippen molar-refractivity contribution in [2.75, 3.05) is 25.4 Å². The SMILES string of the molecule is CCOC1CCCN(C(=O)c2cc(N)ncc2[N+](=O)[O-])C1. The highest BCUT2D eigenvalue weighted by molar-refractivity contribution is 5.98. The van der Waals surface area contributed by atoms with Gasteiger partial charge in [0.1, 0.15) is 17.6 Å². The van der Waals surface area contributed by atoms with Gasteiger partial charge in [-0.25, -0.2) is 4.98 Å². The standard InChI is InChI=1S/C13H18N4O4/c1-2-21-9-4-3-5-16(8-9)13(18)10-6-12(14)15-7-11(10)17(19)20/h6-7,9H,2-5,8H2,1H3,(H2,14,15). The molecule has 2 heterocycles. The third kappa shape index (κ3) is 3.46. The molecule has 1 amide bonds. The van der Waals surface area contributed by atoms with Gasteiger partial charge in [0.05, 0.1) is 11.0 Å². The predicted molar refractivity (Wildman–Crippen MR) is 75.9 cm³/mol. The molecule has 2 rings (SSSR count). The molecule has 1 atom stereocenters. The highest BCUT2D eigenvalue weighted by Gasteiger charge is 2.29. The second-order valence-electron chi connectivity index (χ2n) is 4.85. The quantitative estimate of drug-likeness (QED) is 0.660. The summed E-state index contributed by atoms with van der Waals surface area (Å²) in [5.74, 6) is -0.317. The zero-order valence-electron chi connectivity index (χ0n) is 11.8. The van der Waals surface area contributed by atoms with E-state index in [9.17, 15) is 14.9 Å². The van der Waals surface area contributed by atoms with Crippen LogP contribution in [0.5, 0.6) is 0 Å². The molecule has 0 aromatic carbocycles. The Morgan fingerprint density at radius 3 is 3.10 bits per heavy atom. The fraction of sp³-hybridized carbons (Fsp3) is 0.538. The summed E-state index contributed by atoms with van der Waals surface area (Å²) >= 11 is 0. The van der Waals surface area contributed by atoms with Gasteiger partial charge in [0.15, 0.2) is 0 Å². The van der Waals surface area contributed by atoms with E-state index < -0.39 is 10.8 Å². The molecule has 0 saturated carbocycles. The highest BCUT2D eigenvalue weighted by Crippen LogP contribution is 2.23. The average Bonchev–Trinajstić information content (AvgIpc) is 2.46. The second-order valence-corrected chi connectivity index (χ2v) is 4.85. The van der Waals surface area contributed by atoms with Crippen LogP contribution in [0.25, 0.3) is 0 Å². The molecular weight excluding hydrogens is 276 g/mol. The van der Waals surface area contributed by atoms with Crippen molar-refractivity contribution in [2.45, 2.75) is 25.9 Å². The van der Waals surface area contributed by atoms with E-state index in [0.29, 0.717) is 19.7 Å². The second kappa shape index (κ2) is 6.49. The van der Waals surface area contributed by atoms with Crippen LogP contribution in [0.15, 0.2) is 12.3 Å². The van der Waals surface area contributed by atoms with Crippen molar-refractivity contribution in [3.05, 3.63) is 27.9 Å². The molecular formula is C13H18N4O4. The van der Waals surface area contributed by atoms with Crippen molar-refractivity contribution < 1.29 is 14.5 Å². The first kappa shape index (κ1) is 15.2. The maximum absolute atomic E-state index is 12.5. The van der Waals surface area contributed by atoms with Crippen molar-refractivity contribution >= 4 is 17.4 Å². The maximum Gasteiger partial charge on any atom is 0.300 e. The van der Waals surface area contributed by atoms with Gasteiger partial charge in [-0.15, -0.1) is 0 Å². The lowest BCUT2D eigenvalue weighted by Crippen LogP contribution is -2.43. The summed E-state index contributed by atoms with van der Waals surface area (Å²) in [7, 11) is 0. The van der Waals surface area contributed by atoms with Crippen LogP contribution in [0.3, 0.4) is 0 Å². The third-order valence-electron chi connectivity index (χ3n) is 3.40. The number of carbonyl (C=O) groups is 1. The lowest BCUT2D eigenvalue weighted by Gasteiger charge is -2.32. The fourth-order valence-electron chi connectivity index (χ4n) is 2.45. The van der Waals surface area contributed by atoms with Crippen LogP contribution in [0, 0.1) is 10.1 Å². The van der Waals surface area contributed by atoms with E-state index in [1.54, 1.807) is 4.90 Å². The van der Waals surface area contributed by atoms with Crippen LogP contribution >= 0.6 is 0 Å². The molecule has 1 aliphatic rings. The number of amides is 1. The van der Waals surface area contributed by atoms with Crippen LogP contribution in [0.2, 0.25) is 0 Å². The van der Waals surface area contributed by atoms with Crippen LogP contribution in [-0.2, 0) is 4.74 Å². The van der Waals surface area contributed by atoms with Gasteiger partial charge in [-0.1, -0.05) is 0 Å². The number of nitro groups is 1. The molecule has 0 radical (unpaired) electrons. The average molecular weight is 294 g/mol. The number of aromatic nitrogens is 1. The molecule has 8 nitrogen and oxygen atoms in total. The summed E-state index contributed by atoms with van der Waals surface area (Å²) in [4.78, 5) is 28.2. The normalized spacial score (nSPS) is 18.5. The molecule has 114 valence electrons. The lowest BCUT2D eigenvalue weighted by molar-refractivity contribution is -0.385. The van der Waals surface area contributed by atoms with Gasteiger partial charge in [0, 0.05) is 19.7 Å². The summed E-state index contributed by atoms with van der Waals surface area (Å²) < 4.78 is 5.54. The Bertz CT molecular complexity index is 547. The van der Waals surface area contributed by atoms with E-state index in [1.807, 2.05) is 6.92 Å². The summed E-state index contributed by atoms with van der Waals surface area (Å²) in [6.07, 6.45) is 2.70. The minimum atomic E-state index is -0.621. The molecule has 8 heteroatoms. The van der Waals surface area contributed by atoms with Crippen molar-refractivity contribution in [3.8, 4) is 0 Å². The minimum absolute atomic E-state index is 0.0223. The zero-order chi connectivity index (χ0) is 15.4. The number of piperidine rings is 1. The van der Waals surface area contributed by atoms with Gasteiger partial charge in [-0.05, 0) is 25.8 Å². The molecule has 0 spiro atoms. The van der Waals surface area contributed by atoms with Crippen molar-refractivity contribution in [1.29, 1.82) is 0 Å². The number of nitrogen functional groups attached to an aromatic ring is 1. The first-order chi connectivity index (χ1) is 10.0. The van der Waals surface area contributed by atoms with Gasteiger partial charge < -0.3 is 15.4 Å².